The van der Waals surface area contributed by atoms with Crippen LogP contribution in [0.2, 0.25) is 0 Å². The second-order valence-electron chi connectivity index (χ2n) is 4.66. The minimum absolute atomic E-state index is 0.0187. The molecular weight excluding hydrogens is 270 g/mol. The van der Waals surface area contributed by atoms with E-state index in [0.29, 0.717) is 12.5 Å². The molecule has 0 unspecified atom stereocenters. The lowest BCUT2D eigenvalue weighted by Gasteiger charge is -2.17. The average molecular weight is 290 g/mol. The van der Waals surface area contributed by atoms with Crippen molar-refractivity contribution >= 4 is 21.6 Å². The second-order valence-corrected chi connectivity index (χ2v) is 7.23. The van der Waals surface area contributed by atoms with E-state index in [1.165, 1.54) is 9.87 Å². The van der Waals surface area contributed by atoms with Gasteiger partial charge in [-0.3, -0.25) is 0 Å². The van der Waals surface area contributed by atoms with E-state index < -0.39 is 10.0 Å². The molecule has 5 heteroatoms. The van der Waals surface area contributed by atoms with Gasteiger partial charge in [-0.2, -0.15) is 0 Å². The van der Waals surface area contributed by atoms with E-state index in [-0.39, 0.29) is 11.6 Å². The minimum atomic E-state index is -3.23. The summed E-state index contributed by atoms with van der Waals surface area (Å²) in [5.41, 5.74) is 2.24. The maximum atomic E-state index is 11.8. The molecule has 0 fully saturated rings. The van der Waals surface area contributed by atoms with Crippen LogP contribution in [0.4, 0.5) is 0 Å². The summed E-state index contributed by atoms with van der Waals surface area (Å²) in [6.07, 6.45) is 0. The van der Waals surface area contributed by atoms with Crippen LogP contribution in [-0.4, -0.2) is 31.4 Å². The number of hydrogen-bond donors (Lipinski definition) is 0. The zero-order valence-electron chi connectivity index (χ0n) is 11.1. The number of sulfonamides is 1. The van der Waals surface area contributed by atoms with Gasteiger partial charge < -0.3 is 0 Å². The SMILES string of the molecule is CC(C)c1ccc(CN(C)S(=O)(=O)CCCl)cc1. The Bertz CT molecular complexity index is 468. The highest BCUT2D eigenvalue weighted by Crippen LogP contribution is 2.16. The zero-order valence-corrected chi connectivity index (χ0v) is 12.6. The van der Waals surface area contributed by atoms with Crippen molar-refractivity contribution < 1.29 is 8.42 Å². The van der Waals surface area contributed by atoms with Gasteiger partial charge in [-0.05, 0) is 17.0 Å². The number of hydrogen-bond acceptors (Lipinski definition) is 2. The highest BCUT2D eigenvalue weighted by Gasteiger charge is 2.17. The highest BCUT2D eigenvalue weighted by atomic mass is 35.5. The Balaban J connectivity index is 2.73. The van der Waals surface area contributed by atoms with Crippen LogP contribution in [0.5, 0.6) is 0 Å². The summed E-state index contributed by atoms with van der Waals surface area (Å²) in [4.78, 5) is 0. The molecule has 0 bridgehead atoms. The molecule has 0 aromatic heterocycles. The summed E-state index contributed by atoms with van der Waals surface area (Å²) in [6, 6.07) is 8.04. The van der Waals surface area contributed by atoms with E-state index in [2.05, 4.69) is 13.8 Å². The van der Waals surface area contributed by atoms with Crippen LogP contribution >= 0.6 is 11.6 Å². The molecule has 0 aliphatic heterocycles. The van der Waals surface area contributed by atoms with E-state index in [0.717, 1.165) is 5.56 Å². The molecule has 0 radical (unpaired) electrons. The first-order valence-electron chi connectivity index (χ1n) is 5.95. The molecule has 0 aliphatic carbocycles. The molecule has 0 amide bonds. The Kier molecular flexibility index (Phi) is 5.63. The summed E-state index contributed by atoms with van der Waals surface area (Å²) in [7, 11) is -1.65. The van der Waals surface area contributed by atoms with Gasteiger partial charge in [-0.1, -0.05) is 38.1 Å². The third-order valence-electron chi connectivity index (χ3n) is 2.86. The van der Waals surface area contributed by atoms with Crippen LogP contribution in [0, 0.1) is 0 Å². The zero-order chi connectivity index (χ0) is 13.8. The van der Waals surface area contributed by atoms with Gasteiger partial charge in [0.05, 0.1) is 5.75 Å². The predicted molar refractivity (Wildman–Crippen MR) is 76.5 cm³/mol. The number of alkyl halides is 1. The van der Waals surface area contributed by atoms with Crippen LogP contribution in [-0.2, 0) is 16.6 Å². The van der Waals surface area contributed by atoms with Crippen molar-refractivity contribution in [3.63, 3.8) is 0 Å². The van der Waals surface area contributed by atoms with Gasteiger partial charge in [0.25, 0.3) is 0 Å². The van der Waals surface area contributed by atoms with Crippen molar-refractivity contribution in [2.45, 2.75) is 26.3 Å². The summed E-state index contributed by atoms with van der Waals surface area (Å²) in [5.74, 6) is 0.588. The molecule has 0 spiro atoms. The van der Waals surface area contributed by atoms with Gasteiger partial charge in [0.1, 0.15) is 0 Å². The molecule has 1 rings (SSSR count). The van der Waals surface area contributed by atoms with Gasteiger partial charge in [-0.15, -0.1) is 11.6 Å². The van der Waals surface area contributed by atoms with Gasteiger partial charge >= 0.3 is 0 Å². The lowest BCUT2D eigenvalue weighted by atomic mass is 10.0. The second kappa shape index (κ2) is 6.55. The molecule has 0 aliphatic rings. The first-order chi connectivity index (χ1) is 8.36. The van der Waals surface area contributed by atoms with Crippen LogP contribution in [0.15, 0.2) is 24.3 Å². The molecule has 0 heterocycles. The number of rotatable bonds is 6. The fraction of sp³-hybridized carbons (Fsp3) is 0.538. The fourth-order valence-electron chi connectivity index (χ4n) is 1.62. The van der Waals surface area contributed by atoms with E-state index in [1.54, 1.807) is 7.05 Å². The Hall–Kier alpha value is -0.580. The maximum absolute atomic E-state index is 11.8. The van der Waals surface area contributed by atoms with Crippen LogP contribution in [0.25, 0.3) is 0 Å². The molecule has 0 N–H and O–H groups in total. The highest BCUT2D eigenvalue weighted by molar-refractivity contribution is 7.89. The minimum Gasteiger partial charge on any atom is -0.212 e. The van der Waals surface area contributed by atoms with Crippen molar-refractivity contribution in [3.05, 3.63) is 35.4 Å². The Morgan fingerprint density at radius 1 is 1.22 bits per heavy atom. The Morgan fingerprint density at radius 2 is 1.78 bits per heavy atom. The van der Waals surface area contributed by atoms with Crippen molar-refractivity contribution in [1.29, 1.82) is 0 Å². The first kappa shape index (κ1) is 15.5. The lowest BCUT2D eigenvalue weighted by Crippen LogP contribution is -2.29. The molecule has 102 valence electrons. The summed E-state index contributed by atoms with van der Waals surface area (Å²) >= 11 is 5.48. The topological polar surface area (TPSA) is 37.4 Å². The molecule has 18 heavy (non-hydrogen) atoms. The van der Waals surface area contributed by atoms with E-state index in [9.17, 15) is 8.42 Å². The quantitative estimate of drug-likeness (QED) is 0.755. The predicted octanol–water partition coefficient (Wildman–Crippen LogP) is 2.81. The molecule has 0 saturated heterocycles. The molecule has 0 saturated carbocycles. The summed E-state index contributed by atoms with van der Waals surface area (Å²) < 4.78 is 24.9. The monoisotopic (exact) mass is 289 g/mol. The molecule has 1 aromatic carbocycles. The van der Waals surface area contributed by atoms with Crippen LogP contribution in [0.3, 0.4) is 0 Å². The number of benzene rings is 1. The molecule has 0 atom stereocenters. The molecule has 1 aromatic rings. The van der Waals surface area contributed by atoms with Crippen molar-refractivity contribution in [1.82, 2.24) is 4.31 Å². The van der Waals surface area contributed by atoms with E-state index in [1.807, 2.05) is 24.3 Å². The van der Waals surface area contributed by atoms with Crippen molar-refractivity contribution in [2.24, 2.45) is 0 Å². The third-order valence-corrected chi connectivity index (χ3v) is 5.07. The Labute approximate surface area is 115 Å². The van der Waals surface area contributed by atoms with Gasteiger partial charge in [-0.25, -0.2) is 12.7 Å². The van der Waals surface area contributed by atoms with Gasteiger partial charge in [0.15, 0.2) is 0 Å². The van der Waals surface area contributed by atoms with Crippen molar-refractivity contribution in [3.8, 4) is 0 Å². The standard InChI is InChI=1S/C13H20ClNO2S/c1-11(2)13-6-4-12(5-7-13)10-15(3)18(16,17)9-8-14/h4-7,11H,8-10H2,1-3H3. The summed E-state index contributed by atoms with van der Waals surface area (Å²) in [6.45, 7) is 4.65. The van der Waals surface area contributed by atoms with Crippen LogP contribution in [0.1, 0.15) is 30.9 Å². The lowest BCUT2D eigenvalue weighted by molar-refractivity contribution is 0.468. The Morgan fingerprint density at radius 3 is 2.22 bits per heavy atom. The van der Waals surface area contributed by atoms with E-state index in [4.69, 9.17) is 11.6 Å². The normalized spacial score (nSPS) is 12.3. The smallest absolute Gasteiger partial charge is 0.212 e. The number of nitrogens with zero attached hydrogens (tertiary/aromatic N) is 1. The van der Waals surface area contributed by atoms with Gasteiger partial charge in [0.2, 0.25) is 10.0 Å². The maximum Gasteiger partial charge on any atom is 0.215 e. The van der Waals surface area contributed by atoms with Gasteiger partial charge in [0, 0.05) is 19.5 Å². The largest absolute Gasteiger partial charge is 0.215 e. The summed E-state index contributed by atoms with van der Waals surface area (Å²) in [5, 5.41) is 0. The molecule has 3 nitrogen and oxygen atoms in total. The van der Waals surface area contributed by atoms with Crippen molar-refractivity contribution in [2.75, 3.05) is 18.7 Å². The van der Waals surface area contributed by atoms with E-state index >= 15 is 0 Å². The van der Waals surface area contributed by atoms with Crippen LogP contribution < -0.4 is 0 Å². The average Bonchev–Trinajstić information content (AvgIpc) is 2.29. The molecular formula is C13H20ClNO2S. The number of halogens is 1. The fourth-order valence-corrected chi connectivity index (χ4v) is 3.05. The first-order valence-corrected chi connectivity index (χ1v) is 8.10. The third kappa shape index (κ3) is 4.26.